The largest absolute Gasteiger partial charge is 0.355 e. The molecular formula is C18H18F2N4O3. The average molecular weight is 376 g/mol. The number of aromatic nitrogens is 2. The van der Waals surface area contributed by atoms with Crippen LogP contribution in [0.4, 0.5) is 20.4 Å². The number of ether oxygens (including phenoxy) is 2. The molecule has 1 spiro atoms. The fourth-order valence-electron chi connectivity index (χ4n) is 3.25. The number of hydrogen-bond donors (Lipinski definition) is 1. The first kappa shape index (κ1) is 17.7. The van der Waals surface area contributed by atoms with Crippen molar-refractivity contribution in [3.05, 3.63) is 47.5 Å². The van der Waals surface area contributed by atoms with Crippen molar-refractivity contribution in [1.29, 1.82) is 0 Å². The van der Waals surface area contributed by atoms with Crippen LogP contribution in [0, 0.1) is 11.6 Å². The van der Waals surface area contributed by atoms with Gasteiger partial charge in [-0.2, -0.15) is 0 Å². The first-order chi connectivity index (χ1) is 13.0. The van der Waals surface area contributed by atoms with E-state index in [9.17, 15) is 13.6 Å². The second-order valence-electron chi connectivity index (χ2n) is 6.45. The smallest absolute Gasteiger partial charge is 0.256 e. The summed E-state index contributed by atoms with van der Waals surface area (Å²) in [5.41, 5.74) is -0.00216. The lowest BCUT2D eigenvalue weighted by Gasteiger charge is -2.37. The first-order valence-electron chi connectivity index (χ1n) is 8.68. The lowest BCUT2D eigenvalue weighted by molar-refractivity contribution is -0.169. The molecule has 1 amide bonds. The molecule has 2 aromatic rings. The Kier molecular flexibility index (Phi) is 4.71. The van der Waals surface area contributed by atoms with Crippen molar-refractivity contribution in [1.82, 2.24) is 10.2 Å². The second-order valence-corrected chi connectivity index (χ2v) is 6.45. The predicted octanol–water partition coefficient (Wildman–Crippen LogP) is 2.35. The van der Waals surface area contributed by atoms with Crippen LogP contribution in [-0.2, 0) is 9.47 Å². The number of carbonyl (C=O) groups is 1. The van der Waals surface area contributed by atoms with Crippen molar-refractivity contribution >= 4 is 17.5 Å². The molecule has 0 saturated carbocycles. The van der Waals surface area contributed by atoms with Crippen molar-refractivity contribution in [2.24, 2.45) is 0 Å². The van der Waals surface area contributed by atoms with Crippen LogP contribution in [0.2, 0.25) is 0 Å². The van der Waals surface area contributed by atoms with Gasteiger partial charge in [0, 0.05) is 31.5 Å². The van der Waals surface area contributed by atoms with Crippen molar-refractivity contribution in [2.45, 2.75) is 18.6 Å². The molecule has 1 N–H and O–H groups in total. The molecular weight excluding hydrogens is 358 g/mol. The molecule has 0 unspecified atom stereocenters. The minimum absolute atomic E-state index is 0.00216. The molecule has 3 heterocycles. The van der Waals surface area contributed by atoms with Crippen molar-refractivity contribution < 1.29 is 23.0 Å². The van der Waals surface area contributed by atoms with Gasteiger partial charge in [-0.25, -0.2) is 8.78 Å². The van der Waals surface area contributed by atoms with Crippen molar-refractivity contribution in [2.75, 3.05) is 36.5 Å². The number of amides is 1. The standard InChI is InChI=1S/C18H18F2N4O3/c19-13-2-1-12(11-14(13)20)17(25)21-15-3-4-16(23-22-15)24-7-5-18(6-8-24)26-9-10-27-18/h1-4,11H,5-10H2,(H,21,22,25). The van der Waals surface area contributed by atoms with Crippen LogP contribution in [0.25, 0.3) is 0 Å². The SMILES string of the molecule is O=C(Nc1ccc(N2CCC3(CC2)OCCO3)nn1)c1ccc(F)c(F)c1. The van der Waals surface area contributed by atoms with E-state index in [2.05, 4.69) is 20.4 Å². The highest BCUT2D eigenvalue weighted by molar-refractivity contribution is 6.03. The van der Waals surface area contributed by atoms with Gasteiger partial charge in [-0.05, 0) is 30.3 Å². The Bertz CT molecular complexity index is 831. The number of nitrogens with zero attached hydrogens (tertiary/aromatic N) is 3. The van der Waals surface area contributed by atoms with Crippen LogP contribution in [-0.4, -0.2) is 48.2 Å². The van der Waals surface area contributed by atoms with E-state index < -0.39 is 23.3 Å². The Morgan fingerprint density at radius 1 is 1.04 bits per heavy atom. The summed E-state index contributed by atoms with van der Waals surface area (Å²) in [5, 5.41) is 10.7. The molecule has 2 fully saturated rings. The Hall–Kier alpha value is -2.65. The van der Waals surface area contributed by atoms with E-state index in [0.717, 1.165) is 38.1 Å². The molecule has 1 aromatic heterocycles. The summed E-state index contributed by atoms with van der Waals surface area (Å²) in [4.78, 5) is 14.2. The number of anilines is 2. The molecule has 0 bridgehead atoms. The molecule has 4 rings (SSSR count). The van der Waals surface area contributed by atoms with Gasteiger partial charge in [0.25, 0.3) is 5.91 Å². The van der Waals surface area contributed by atoms with Gasteiger partial charge >= 0.3 is 0 Å². The topological polar surface area (TPSA) is 76.6 Å². The van der Waals surface area contributed by atoms with E-state index in [1.165, 1.54) is 6.07 Å². The number of halogens is 2. The van der Waals surface area contributed by atoms with Gasteiger partial charge in [0.15, 0.2) is 29.1 Å². The number of carbonyl (C=O) groups excluding carboxylic acids is 1. The third-order valence-corrected chi connectivity index (χ3v) is 4.74. The molecule has 2 saturated heterocycles. The Morgan fingerprint density at radius 3 is 2.41 bits per heavy atom. The van der Waals surface area contributed by atoms with Crippen LogP contribution in [0.1, 0.15) is 23.2 Å². The number of rotatable bonds is 3. The van der Waals surface area contributed by atoms with Gasteiger partial charge in [-0.1, -0.05) is 0 Å². The minimum Gasteiger partial charge on any atom is -0.355 e. The van der Waals surface area contributed by atoms with Crippen LogP contribution >= 0.6 is 0 Å². The zero-order chi connectivity index (χ0) is 18.9. The van der Waals surface area contributed by atoms with E-state index in [-0.39, 0.29) is 11.4 Å². The van der Waals surface area contributed by atoms with E-state index in [0.29, 0.717) is 19.0 Å². The lowest BCUT2D eigenvalue weighted by atomic mass is 10.0. The molecule has 7 nitrogen and oxygen atoms in total. The highest BCUT2D eigenvalue weighted by Crippen LogP contribution is 2.32. The van der Waals surface area contributed by atoms with Crippen LogP contribution in [0.5, 0.6) is 0 Å². The van der Waals surface area contributed by atoms with Gasteiger partial charge in [0.1, 0.15) is 0 Å². The number of benzene rings is 1. The zero-order valence-electron chi connectivity index (χ0n) is 14.5. The minimum atomic E-state index is -1.08. The fourth-order valence-corrected chi connectivity index (χ4v) is 3.25. The summed E-state index contributed by atoms with van der Waals surface area (Å²) in [7, 11) is 0. The highest BCUT2D eigenvalue weighted by atomic mass is 19.2. The number of hydrogen-bond acceptors (Lipinski definition) is 6. The Morgan fingerprint density at radius 2 is 1.78 bits per heavy atom. The summed E-state index contributed by atoms with van der Waals surface area (Å²) < 4.78 is 37.6. The predicted molar refractivity (Wildman–Crippen MR) is 92.4 cm³/mol. The summed E-state index contributed by atoms with van der Waals surface area (Å²) in [6, 6.07) is 6.31. The highest BCUT2D eigenvalue weighted by Gasteiger charge is 2.40. The molecule has 1 aromatic carbocycles. The van der Waals surface area contributed by atoms with Crippen molar-refractivity contribution in [3.63, 3.8) is 0 Å². The van der Waals surface area contributed by atoms with Gasteiger partial charge in [-0.15, -0.1) is 10.2 Å². The lowest BCUT2D eigenvalue weighted by Crippen LogP contribution is -2.45. The van der Waals surface area contributed by atoms with Crippen LogP contribution in [0.3, 0.4) is 0 Å². The Balaban J connectivity index is 1.37. The van der Waals surface area contributed by atoms with Gasteiger partial charge in [-0.3, -0.25) is 4.79 Å². The second kappa shape index (κ2) is 7.16. The maximum atomic E-state index is 13.2. The average Bonchev–Trinajstić information content (AvgIpc) is 3.13. The summed E-state index contributed by atoms with van der Waals surface area (Å²) in [6.07, 6.45) is 1.51. The number of piperidine rings is 1. The quantitative estimate of drug-likeness (QED) is 0.886. The molecule has 0 atom stereocenters. The van der Waals surface area contributed by atoms with Gasteiger partial charge < -0.3 is 19.7 Å². The van der Waals surface area contributed by atoms with E-state index in [1.807, 2.05) is 0 Å². The van der Waals surface area contributed by atoms with Crippen molar-refractivity contribution in [3.8, 4) is 0 Å². The maximum absolute atomic E-state index is 13.2. The van der Waals surface area contributed by atoms with Crippen LogP contribution < -0.4 is 10.2 Å². The van der Waals surface area contributed by atoms with E-state index >= 15 is 0 Å². The fraction of sp³-hybridized carbons (Fsp3) is 0.389. The molecule has 27 heavy (non-hydrogen) atoms. The molecule has 2 aliphatic rings. The van der Waals surface area contributed by atoms with E-state index in [1.54, 1.807) is 12.1 Å². The van der Waals surface area contributed by atoms with Gasteiger partial charge in [0.05, 0.1) is 13.2 Å². The molecule has 2 aliphatic heterocycles. The molecule has 142 valence electrons. The summed E-state index contributed by atoms with van der Waals surface area (Å²) >= 11 is 0. The maximum Gasteiger partial charge on any atom is 0.256 e. The van der Waals surface area contributed by atoms with Gasteiger partial charge in [0.2, 0.25) is 0 Å². The first-order valence-corrected chi connectivity index (χ1v) is 8.68. The molecule has 0 aliphatic carbocycles. The summed E-state index contributed by atoms with van der Waals surface area (Å²) in [5.74, 6) is -2.22. The molecule has 0 radical (unpaired) electrons. The van der Waals surface area contributed by atoms with E-state index in [4.69, 9.17) is 9.47 Å². The molecule has 9 heteroatoms. The normalized spacial score (nSPS) is 18.7. The Labute approximate surface area is 154 Å². The summed E-state index contributed by atoms with van der Waals surface area (Å²) in [6.45, 7) is 2.72. The monoisotopic (exact) mass is 376 g/mol. The zero-order valence-corrected chi connectivity index (χ0v) is 14.5. The van der Waals surface area contributed by atoms with Crippen LogP contribution in [0.15, 0.2) is 30.3 Å². The third-order valence-electron chi connectivity index (χ3n) is 4.74. The number of nitrogens with one attached hydrogen (secondary N) is 1. The third kappa shape index (κ3) is 3.74.